The summed E-state index contributed by atoms with van der Waals surface area (Å²) in [7, 11) is 1.71. The zero-order valence-electron chi connectivity index (χ0n) is 13.0. The van der Waals surface area contributed by atoms with Crippen LogP contribution in [0.2, 0.25) is 0 Å². The van der Waals surface area contributed by atoms with Gasteiger partial charge < -0.3 is 9.30 Å². The van der Waals surface area contributed by atoms with Gasteiger partial charge in [0.05, 0.1) is 13.4 Å². The van der Waals surface area contributed by atoms with E-state index in [0.29, 0.717) is 5.92 Å². The van der Waals surface area contributed by atoms with Crippen LogP contribution in [0.15, 0.2) is 67.3 Å². The molecule has 1 aliphatic carbocycles. The largest absolute Gasteiger partial charge is 0.497 e. The van der Waals surface area contributed by atoms with Crippen molar-refractivity contribution in [1.29, 1.82) is 0 Å². The Morgan fingerprint density at radius 1 is 1.17 bits per heavy atom. The van der Waals surface area contributed by atoms with Crippen LogP contribution in [0.4, 0.5) is 0 Å². The highest BCUT2D eigenvalue weighted by atomic mass is 16.5. The molecule has 2 aromatic carbocycles. The molecule has 3 heteroatoms. The Hall–Kier alpha value is -2.81. The Kier molecular flexibility index (Phi) is 3.46. The molecule has 0 saturated heterocycles. The van der Waals surface area contributed by atoms with Crippen LogP contribution in [0, 0.1) is 0 Å². The van der Waals surface area contributed by atoms with E-state index >= 15 is 0 Å². The highest BCUT2D eigenvalue weighted by Crippen LogP contribution is 2.46. The average Bonchev–Trinajstić information content (AvgIpc) is 3.24. The van der Waals surface area contributed by atoms with Crippen molar-refractivity contribution in [3.8, 4) is 5.75 Å². The fraction of sp³-hybridized carbons (Fsp3) is 0.150. The van der Waals surface area contributed by atoms with E-state index in [9.17, 15) is 0 Å². The lowest BCUT2D eigenvalue weighted by Gasteiger charge is -2.11. The molecule has 1 unspecified atom stereocenters. The number of hydrogen-bond acceptors (Lipinski definition) is 2. The number of allylic oxidation sites excluding steroid dienone is 1. The van der Waals surface area contributed by atoms with Gasteiger partial charge in [-0.05, 0) is 40.8 Å². The summed E-state index contributed by atoms with van der Waals surface area (Å²) in [5, 5.41) is 0. The lowest BCUT2D eigenvalue weighted by atomic mass is 9.93. The normalized spacial score (nSPS) is 18.1. The zero-order valence-corrected chi connectivity index (χ0v) is 13.0. The molecule has 1 aliphatic rings. The molecule has 23 heavy (non-hydrogen) atoms. The van der Waals surface area contributed by atoms with Crippen LogP contribution in [-0.4, -0.2) is 16.7 Å². The van der Waals surface area contributed by atoms with Gasteiger partial charge >= 0.3 is 0 Å². The highest BCUT2D eigenvalue weighted by Gasteiger charge is 2.28. The third-order valence-electron chi connectivity index (χ3n) is 4.44. The van der Waals surface area contributed by atoms with Gasteiger partial charge in [0.25, 0.3) is 0 Å². The number of hydrogen-bond donors (Lipinski definition) is 0. The summed E-state index contributed by atoms with van der Waals surface area (Å²) in [5.41, 5.74) is 5.30. The first-order chi connectivity index (χ1) is 11.3. The molecule has 0 amide bonds. The van der Waals surface area contributed by atoms with Crippen molar-refractivity contribution < 1.29 is 4.74 Å². The molecule has 1 aromatic heterocycles. The van der Waals surface area contributed by atoms with Crippen molar-refractivity contribution in [2.45, 2.75) is 12.3 Å². The molecule has 0 spiro atoms. The SMILES string of the molecule is COc1ccc2c(c1)C(=Cn1ccnc1)CC2c1ccccc1. The second-order valence-electron chi connectivity index (χ2n) is 5.78. The number of ether oxygens (including phenoxy) is 1. The van der Waals surface area contributed by atoms with Gasteiger partial charge in [-0.15, -0.1) is 0 Å². The maximum absolute atomic E-state index is 5.42. The molecule has 0 aliphatic heterocycles. The van der Waals surface area contributed by atoms with Gasteiger partial charge in [0.1, 0.15) is 5.75 Å². The van der Waals surface area contributed by atoms with Crippen LogP contribution in [0.25, 0.3) is 11.8 Å². The third kappa shape index (κ3) is 2.55. The summed E-state index contributed by atoms with van der Waals surface area (Å²) in [6.45, 7) is 0. The Balaban J connectivity index is 1.83. The van der Waals surface area contributed by atoms with E-state index in [1.165, 1.54) is 22.3 Å². The standard InChI is InChI=1S/C20H18N2O/c1-23-17-7-8-18-19(15-5-3-2-4-6-15)11-16(20(18)12-17)13-22-10-9-21-14-22/h2-10,12-14,19H,11H2,1H3. The Labute approximate surface area is 135 Å². The van der Waals surface area contributed by atoms with Gasteiger partial charge in [-0.25, -0.2) is 4.98 Å². The predicted octanol–water partition coefficient (Wildman–Crippen LogP) is 4.43. The minimum absolute atomic E-state index is 0.395. The third-order valence-corrected chi connectivity index (χ3v) is 4.44. The van der Waals surface area contributed by atoms with Gasteiger partial charge in [0, 0.05) is 24.5 Å². The minimum atomic E-state index is 0.395. The van der Waals surface area contributed by atoms with Crippen molar-refractivity contribution in [3.63, 3.8) is 0 Å². The molecule has 4 rings (SSSR count). The minimum Gasteiger partial charge on any atom is -0.497 e. The number of aromatic nitrogens is 2. The van der Waals surface area contributed by atoms with Crippen molar-refractivity contribution in [2.24, 2.45) is 0 Å². The molecule has 3 nitrogen and oxygen atoms in total. The Morgan fingerprint density at radius 3 is 2.78 bits per heavy atom. The Morgan fingerprint density at radius 2 is 2.04 bits per heavy atom. The first-order valence-corrected chi connectivity index (χ1v) is 7.76. The zero-order chi connectivity index (χ0) is 15.6. The van der Waals surface area contributed by atoms with Gasteiger partial charge in [0.15, 0.2) is 0 Å². The molecule has 0 N–H and O–H groups in total. The topological polar surface area (TPSA) is 27.1 Å². The van der Waals surface area contributed by atoms with Crippen LogP contribution < -0.4 is 4.74 Å². The van der Waals surface area contributed by atoms with E-state index in [4.69, 9.17) is 4.74 Å². The second-order valence-corrected chi connectivity index (χ2v) is 5.78. The molecular weight excluding hydrogens is 284 g/mol. The van der Waals surface area contributed by atoms with E-state index in [1.807, 2.05) is 17.1 Å². The first kappa shape index (κ1) is 13.8. The first-order valence-electron chi connectivity index (χ1n) is 7.76. The number of nitrogens with zero attached hydrogens (tertiary/aromatic N) is 2. The molecule has 1 atom stereocenters. The van der Waals surface area contributed by atoms with Gasteiger partial charge in [0.2, 0.25) is 0 Å². The van der Waals surface area contributed by atoms with E-state index in [-0.39, 0.29) is 0 Å². The van der Waals surface area contributed by atoms with Crippen molar-refractivity contribution in [2.75, 3.05) is 7.11 Å². The summed E-state index contributed by atoms with van der Waals surface area (Å²) in [4.78, 5) is 4.12. The lowest BCUT2D eigenvalue weighted by Crippen LogP contribution is -1.95. The van der Waals surface area contributed by atoms with E-state index < -0.39 is 0 Å². The number of fused-ring (bicyclic) bond motifs is 1. The van der Waals surface area contributed by atoms with Crippen LogP contribution in [-0.2, 0) is 0 Å². The molecule has 1 heterocycles. The summed E-state index contributed by atoms with van der Waals surface area (Å²) < 4.78 is 7.42. The summed E-state index contributed by atoms with van der Waals surface area (Å²) in [6, 6.07) is 17.1. The molecule has 0 radical (unpaired) electrons. The number of benzene rings is 2. The summed E-state index contributed by atoms with van der Waals surface area (Å²) in [5.74, 6) is 1.29. The van der Waals surface area contributed by atoms with Crippen molar-refractivity contribution in [3.05, 3.63) is 83.9 Å². The van der Waals surface area contributed by atoms with E-state index in [1.54, 1.807) is 13.3 Å². The fourth-order valence-corrected chi connectivity index (χ4v) is 3.31. The van der Waals surface area contributed by atoms with Gasteiger partial charge in [-0.2, -0.15) is 0 Å². The van der Waals surface area contributed by atoms with Crippen molar-refractivity contribution in [1.82, 2.24) is 9.55 Å². The Bertz CT molecular complexity index is 835. The molecule has 114 valence electrons. The molecule has 3 aromatic rings. The second kappa shape index (κ2) is 5.76. The summed E-state index contributed by atoms with van der Waals surface area (Å²) >= 11 is 0. The number of imidazole rings is 1. The predicted molar refractivity (Wildman–Crippen MR) is 92.3 cm³/mol. The fourth-order valence-electron chi connectivity index (χ4n) is 3.31. The van der Waals surface area contributed by atoms with Crippen LogP contribution in [0.3, 0.4) is 0 Å². The average molecular weight is 302 g/mol. The quantitative estimate of drug-likeness (QED) is 0.716. The highest BCUT2D eigenvalue weighted by molar-refractivity contribution is 5.83. The van der Waals surface area contributed by atoms with E-state index in [0.717, 1.165) is 12.2 Å². The maximum Gasteiger partial charge on any atom is 0.119 e. The summed E-state index contributed by atoms with van der Waals surface area (Å²) in [6.07, 6.45) is 8.73. The van der Waals surface area contributed by atoms with Crippen LogP contribution in [0.5, 0.6) is 5.75 Å². The van der Waals surface area contributed by atoms with Crippen LogP contribution in [0.1, 0.15) is 29.0 Å². The molecule has 0 fully saturated rings. The monoisotopic (exact) mass is 302 g/mol. The smallest absolute Gasteiger partial charge is 0.119 e. The molecule has 0 saturated carbocycles. The number of methoxy groups -OCH3 is 1. The number of rotatable bonds is 3. The van der Waals surface area contributed by atoms with Gasteiger partial charge in [-0.3, -0.25) is 0 Å². The lowest BCUT2D eigenvalue weighted by molar-refractivity contribution is 0.414. The molecule has 0 bridgehead atoms. The van der Waals surface area contributed by atoms with Crippen molar-refractivity contribution >= 4 is 11.8 Å². The van der Waals surface area contributed by atoms with Gasteiger partial charge in [-0.1, -0.05) is 36.4 Å². The van der Waals surface area contributed by atoms with Crippen LogP contribution >= 0.6 is 0 Å². The van der Waals surface area contributed by atoms with E-state index in [2.05, 4.69) is 59.7 Å². The maximum atomic E-state index is 5.42. The molecular formula is C20H18N2O.